The minimum Gasteiger partial charge on any atom is -0.508 e. The number of benzene rings is 3. The van der Waals surface area contributed by atoms with Crippen molar-refractivity contribution in [2.75, 3.05) is 26.9 Å². The summed E-state index contributed by atoms with van der Waals surface area (Å²) in [6.45, 7) is -1.65. The van der Waals surface area contributed by atoms with Crippen molar-refractivity contribution in [3.63, 3.8) is 0 Å². The number of esters is 1. The minimum absolute atomic E-state index is 0.0614. The Morgan fingerprint density at radius 2 is 1.75 bits per heavy atom. The number of hydrogen-bond acceptors (Lipinski definition) is 12. The van der Waals surface area contributed by atoms with Gasteiger partial charge in [0.05, 0.1) is 38.4 Å². The number of aliphatic hydroxyl groups is 4. The Morgan fingerprint density at radius 3 is 2.37 bits per heavy atom. The Kier molecular flexibility index (Phi) is 13.8. The smallest absolute Gasteiger partial charge is 0.366 e. The quantitative estimate of drug-likeness (QED) is 0.0857. The van der Waals surface area contributed by atoms with E-state index in [9.17, 15) is 39.9 Å². The SMILES string of the molecule is C#CCOc1ccc(CO[C@]2(C(=O)OC)C[C@H](O)[C@@H](NC(=O)CO)[C@H]([C@H](O)[C@H](O)CNC(=O)Cc3ccc(-c4ccc(O)cc4)c(Cl)c3)O2)cc1. The number of aliphatic hydroxyl groups excluding tert-OH is 4. The van der Waals surface area contributed by atoms with Crippen LogP contribution in [0.25, 0.3) is 11.1 Å². The van der Waals surface area contributed by atoms with Crippen molar-refractivity contribution < 1.29 is 58.9 Å². The molecule has 3 aromatic carbocycles. The molecule has 0 aromatic heterocycles. The number of rotatable bonds is 15. The van der Waals surface area contributed by atoms with E-state index in [1.165, 1.54) is 12.1 Å². The molecule has 2 amide bonds. The van der Waals surface area contributed by atoms with Crippen molar-refractivity contribution in [2.45, 2.75) is 55.7 Å². The summed E-state index contributed by atoms with van der Waals surface area (Å²) in [5.74, 6) is -1.91. The lowest BCUT2D eigenvalue weighted by molar-refractivity contribution is -0.315. The van der Waals surface area contributed by atoms with Gasteiger partial charge in [-0.15, -0.1) is 6.42 Å². The molecule has 1 aliphatic heterocycles. The van der Waals surface area contributed by atoms with Gasteiger partial charge in [0.2, 0.25) is 11.8 Å². The molecule has 272 valence electrons. The van der Waals surface area contributed by atoms with Crippen LogP contribution in [-0.4, -0.2) is 106 Å². The topological polar surface area (TPSA) is 213 Å². The third kappa shape index (κ3) is 10.2. The number of amides is 2. The molecule has 15 heteroatoms. The fourth-order valence-corrected chi connectivity index (χ4v) is 5.76. The van der Waals surface area contributed by atoms with Crippen LogP contribution in [0.4, 0.5) is 0 Å². The summed E-state index contributed by atoms with van der Waals surface area (Å²) < 4.78 is 22.1. The van der Waals surface area contributed by atoms with Gasteiger partial charge in [0.1, 0.15) is 36.9 Å². The normalized spacial score (nSPS) is 21.1. The van der Waals surface area contributed by atoms with Gasteiger partial charge in [-0.2, -0.15) is 0 Å². The number of carbonyl (C=O) groups excluding carboxylic acids is 3. The minimum atomic E-state index is -2.31. The van der Waals surface area contributed by atoms with Crippen molar-refractivity contribution in [1.82, 2.24) is 10.6 Å². The highest BCUT2D eigenvalue weighted by atomic mass is 35.5. The van der Waals surface area contributed by atoms with Crippen molar-refractivity contribution >= 4 is 29.4 Å². The standard InChI is InChI=1S/C36H39ClN2O12/c1-3-14-49-25-11-4-21(5-12-25)20-50-36(35(47)48-2)17-28(42)32(39-31(45)19-40)34(51-36)33(46)29(43)18-38-30(44)16-22-6-13-26(27(37)15-22)23-7-9-24(41)10-8-23/h1,4-13,15,28-29,32-34,40-43,46H,14,16-20H2,2H3,(H,38,44)(H,39,45)/t28-,29+,32+,33+,34+,36+/m0/s1. The molecule has 0 spiro atoms. The van der Waals surface area contributed by atoms with Gasteiger partial charge in [-0.1, -0.05) is 53.9 Å². The number of terminal acetylenes is 1. The third-order valence-electron chi connectivity index (χ3n) is 8.07. The van der Waals surface area contributed by atoms with Crippen LogP contribution in [0.15, 0.2) is 66.7 Å². The first-order valence-electron chi connectivity index (χ1n) is 15.7. The lowest BCUT2D eigenvalue weighted by atomic mass is 9.88. The van der Waals surface area contributed by atoms with Crippen LogP contribution < -0.4 is 15.4 Å². The van der Waals surface area contributed by atoms with Crippen LogP contribution >= 0.6 is 11.6 Å². The highest BCUT2D eigenvalue weighted by Gasteiger charge is 2.56. The monoisotopic (exact) mass is 726 g/mol. The average molecular weight is 727 g/mol. The first-order valence-corrected chi connectivity index (χ1v) is 16.1. The van der Waals surface area contributed by atoms with Crippen LogP contribution in [0.5, 0.6) is 11.5 Å². The Morgan fingerprint density at radius 1 is 1.06 bits per heavy atom. The van der Waals surface area contributed by atoms with Crippen LogP contribution in [0.2, 0.25) is 5.02 Å². The number of phenols is 1. The van der Waals surface area contributed by atoms with Crippen LogP contribution in [0.3, 0.4) is 0 Å². The number of phenolic OH excluding ortho intramolecular Hbond substituents is 1. The molecule has 14 nitrogen and oxygen atoms in total. The molecular formula is C36H39ClN2O12. The maximum Gasteiger partial charge on any atom is 0.366 e. The average Bonchev–Trinajstić information content (AvgIpc) is 3.13. The predicted molar refractivity (Wildman–Crippen MR) is 182 cm³/mol. The van der Waals surface area contributed by atoms with Crippen molar-refractivity contribution in [3.8, 4) is 35.0 Å². The molecule has 0 bridgehead atoms. The number of hydrogen-bond donors (Lipinski definition) is 7. The Labute approximate surface area is 298 Å². The lowest BCUT2D eigenvalue weighted by Crippen LogP contribution is -2.68. The van der Waals surface area contributed by atoms with Gasteiger partial charge < -0.3 is 55.1 Å². The van der Waals surface area contributed by atoms with E-state index in [0.717, 1.165) is 12.7 Å². The molecule has 0 unspecified atom stereocenters. The van der Waals surface area contributed by atoms with Crippen molar-refractivity contribution in [1.29, 1.82) is 0 Å². The predicted octanol–water partition coefficient (Wildman–Crippen LogP) is 0.818. The number of carbonyl (C=O) groups is 3. The fraction of sp³-hybridized carbons (Fsp3) is 0.361. The summed E-state index contributed by atoms with van der Waals surface area (Å²) in [7, 11) is 1.06. The van der Waals surface area contributed by atoms with E-state index >= 15 is 0 Å². The Balaban J connectivity index is 1.46. The first kappa shape index (κ1) is 39.1. The van der Waals surface area contributed by atoms with E-state index < -0.39 is 73.6 Å². The molecule has 1 saturated heterocycles. The first-order chi connectivity index (χ1) is 24.4. The molecule has 0 saturated carbocycles. The molecule has 0 radical (unpaired) electrons. The van der Waals surface area contributed by atoms with E-state index in [4.69, 9.17) is 37.0 Å². The molecule has 1 aliphatic rings. The molecule has 1 fully saturated rings. The van der Waals surface area contributed by atoms with E-state index in [-0.39, 0.29) is 25.4 Å². The van der Waals surface area contributed by atoms with E-state index in [1.54, 1.807) is 54.6 Å². The lowest BCUT2D eigenvalue weighted by Gasteiger charge is -2.47. The molecule has 3 aromatic rings. The second kappa shape index (κ2) is 18.0. The summed E-state index contributed by atoms with van der Waals surface area (Å²) in [6, 6.07) is 16.5. The summed E-state index contributed by atoms with van der Waals surface area (Å²) >= 11 is 6.45. The zero-order valence-electron chi connectivity index (χ0n) is 27.5. The van der Waals surface area contributed by atoms with Crippen LogP contribution in [-0.2, 0) is 41.6 Å². The van der Waals surface area contributed by atoms with Crippen molar-refractivity contribution in [2.24, 2.45) is 0 Å². The third-order valence-corrected chi connectivity index (χ3v) is 8.39. The van der Waals surface area contributed by atoms with Gasteiger partial charge in [0.15, 0.2) is 0 Å². The van der Waals surface area contributed by atoms with E-state index in [1.807, 2.05) is 0 Å². The van der Waals surface area contributed by atoms with Crippen LogP contribution in [0, 0.1) is 12.3 Å². The van der Waals surface area contributed by atoms with Gasteiger partial charge in [-0.05, 0) is 47.0 Å². The molecular weight excluding hydrogens is 688 g/mol. The summed E-state index contributed by atoms with van der Waals surface area (Å²) in [4.78, 5) is 38.1. The summed E-state index contributed by atoms with van der Waals surface area (Å²) in [6.07, 6.45) is -2.48. The number of halogens is 1. The number of nitrogens with one attached hydrogen (secondary N) is 2. The fourth-order valence-electron chi connectivity index (χ4n) is 5.45. The Bertz CT molecular complexity index is 1700. The Hall–Kier alpha value is -4.72. The zero-order valence-corrected chi connectivity index (χ0v) is 28.3. The summed E-state index contributed by atoms with van der Waals surface area (Å²) in [5.41, 5.74) is 2.55. The highest BCUT2D eigenvalue weighted by Crippen LogP contribution is 2.35. The van der Waals surface area contributed by atoms with Crippen LogP contribution in [0.1, 0.15) is 17.5 Å². The number of methoxy groups -OCH3 is 1. The molecule has 1 heterocycles. The van der Waals surface area contributed by atoms with Gasteiger partial charge in [-0.3, -0.25) is 9.59 Å². The maximum absolute atomic E-state index is 13.1. The second-order valence-corrected chi connectivity index (χ2v) is 12.1. The molecule has 0 aliphatic carbocycles. The van der Waals surface area contributed by atoms with Gasteiger partial charge >= 0.3 is 5.97 Å². The number of aromatic hydroxyl groups is 1. The van der Waals surface area contributed by atoms with Crippen molar-refractivity contribution in [3.05, 3.63) is 82.9 Å². The summed E-state index contributed by atoms with van der Waals surface area (Å²) in [5, 5.41) is 57.4. The second-order valence-electron chi connectivity index (χ2n) is 11.7. The highest BCUT2D eigenvalue weighted by molar-refractivity contribution is 6.33. The number of ether oxygens (including phenoxy) is 4. The molecule has 7 N–H and O–H groups in total. The van der Waals surface area contributed by atoms with Gasteiger partial charge in [-0.25, -0.2) is 4.79 Å². The van der Waals surface area contributed by atoms with E-state index in [2.05, 4.69) is 16.6 Å². The molecule has 4 rings (SSSR count). The largest absolute Gasteiger partial charge is 0.508 e. The maximum atomic E-state index is 13.1. The van der Waals surface area contributed by atoms with Gasteiger partial charge in [0, 0.05) is 23.6 Å². The van der Waals surface area contributed by atoms with Gasteiger partial charge in [0.25, 0.3) is 5.79 Å². The van der Waals surface area contributed by atoms with E-state index in [0.29, 0.717) is 27.5 Å². The molecule has 6 atom stereocenters. The zero-order chi connectivity index (χ0) is 37.1. The molecule has 51 heavy (non-hydrogen) atoms.